The van der Waals surface area contributed by atoms with Crippen LogP contribution in [0.25, 0.3) is 139 Å². The highest BCUT2D eigenvalue weighted by Crippen LogP contribution is 2.52. The molecular weight excluding hydrogens is 741 g/mol. The lowest BCUT2D eigenvalue weighted by Crippen LogP contribution is -1.84. The fourth-order valence-corrected chi connectivity index (χ4v) is 12.8. The third-order valence-corrected chi connectivity index (χ3v) is 15.0. The molecule has 4 heteroatoms. The summed E-state index contributed by atoms with van der Waals surface area (Å²) in [5.41, 5.74) is 6.57. The van der Waals surface area contributed by atoms with Crippen LogP contribution in [0.3, 0.4) is 0 Å². The maximum Gasteiger partial charge on any atom is 0.0629 e. The average Bonchev–Trinajstić information content (AvgIpc) is 4.20. The van der Waals surface area contributed by atoms with Gasteiger partial charge in [0, 0.05) is 83.4 Å². The number of hydrogen-bond acceptors (Lipinski definition) is 2. The lowest BCUT2D eigenvalue weighted by molar-refractivity contribution is 1.36. The van der Waals surface area contributed by atoms with Crippen LogP contribution in [0, 0.1) is 0 Å². The Morgan fingerprint density at radius 2 is 0.793 bits per heavy atom. The number of benzene rings is 9. The molecule has 0 aliphatic rings. The van der Waals surface area contributed by atoms with Gasteiger partial charge in [0.2, 0.25) is 0 Å². The Morgan fingerprint density at radius 1 is 0.362 bits per heavy atom. The molecule has 0 fully saturated rings. The van der Waals surface area contributed by atoms with Crippen molar-refractivity contribution in [3.63, 3.8) is 0 Å². The van der Waals surface area contributed by atoms with Crippen molar-refractivity contribution in [3.8, 4) is 22.3 Å². The monoisotopic (exact) mass is 778 g/mol. The number of hydrogen-bond donors (Lipinski definition) is 0. The molecule has 0 saturated heterocycles. The molecule has 15 aromatic rings. The summed E-state index contributed by atoms with van der Waals surface area (Å²) < 4.78 is 97.9. The van der Waals surface area contributed by atoms with Crippen LogP contribution < -0.4 is 0 Å². The SMILES string of the molecule is [2H]c1c([2H])c([2H])c(-c2ccc3c4c5sc6ccccc6c5ccc4n4c5cc6c7c(-c8c([2H])c([2H])c([2H])c([2H])c8[2H])ccc8c9c%10sc%11ccccc%11c%10ccc9n(c6cc5c2c34)c87)c([2H])c1[2H]. The fourth-order valence-electron chi connectivity index (χ4n) is 10.3. The standard InChI is InChI=1S/C54H28N2S2/c1-3-11-29(12-4-1)31-19-21-37-49-41(25-23-35-33-15-7-9-17-45(33)57-53(35)49)55-43-28-40-44(27-39(43)47(31)51(37)55)56-42-26-24-36-34-16-8-10-18-46(34)58-54(36)50(42)38-22-20-32(48(40)52(38)56)30-13-5-2-6-14-30/h1-28H/i1D,2D,3D,4D,5D,6D,11D,12D,13D,14D. The predicted octanol–water partition coefficient (Wildman–Crippen LogP) is 16.1. The molecule has 6 heterocycles. The van der Waals surface area contributed by atoms with Crippen LogP contribution >= 0.6 is 22.7 Å². The van der Waals surface area contributed by atoms with Crippen molar-refractivity contribution in [2.75, 3.05) is 0 Å². The van der Waals surface area contributed by atoms with Gasteiger partial charge in [-0.05, 0) is 58.7 Å². The Labute approximate surface area is 352 Å². The molecule has 58 heavy (non-hydrogen) atoms. The van der Waals surface area contributed by atoms with E-state index >= 15 is 0 Å². The summed E-state index contributed by atoms with van der Waals surface area (Å²) in [5, 5.41) is 11.8. The molecule has 0 radical (unpaired) electrons. The summed E-state index contributed by atoms with van der Waals surface area (Å²) >= 11 is 3.47. The summed E-state index contributed by atoms with van der Waals surface area (Å²) in [7, 11) is 0. The summed E-state index contributed by atoms with van der Waals surface area (Å²) in [4.78, 5) is 0. The quantitative estimate of drug-likeness (QED) is 0.165. The van der Waals surface area contributed by atoms with Gasteiger partial charge in [-0.3, -0.25) is 0 Å². The first-order valence-electron chi connectivity index (χ1n) is 24.1. The minimum Gasteiger partial charge on any atom is -0.308 e. The summed E-state index contributed by atoms with van der Waals surface area (Å²) in [6.07, 6.45) is 0. The Morgan fingerprint density at radius 3 is 1.26 bits per heavy atom. The predicted molar refractivity (Wildman–Crippen MR) is 252 cm³/mol. The van der Waals surface area contributed by atoms with Gasteiger partial charge in [0.05, 0.1) is 46.8 Å². The largest absolute Gasteiger partial charge is 0.308 e. The van der Waals surface area contributed by atoms with Gasteiger partial charge >= 0.3 is 0 Å². The topological polar surface area (TPSA) is 8.82 Å². The molecule has 0 saturated carbocycles. The van der Waals surface area contributed by atoms with Crippen molar-refractivity contribution in [1.82, 2.24) is 8.80 Å². The van der Waals surface area contributed by atoms with Crippen LogP contribution in [0.1, 0.15) is 13.7 Å². The van der Waals surface area contributed by atoms with Crippen LogP contribution in [-0.4, -0.2) is 8.80 Å². The van der Waals surface area contributed by atoms with Crippen molar-refractivity contribution >= 4 is 139 Å². The average molecular weight is 779 g/mol. The zero-order chi connectivity index (χ0) is 46.1. The molecular formula is C54H28N2S2. The van der Waals surface area contributed by atoms with Crippen LogP contribution in [0.2, 0.25) is 0 Å². The van der Waals surface area contributed by atoms with Crippen molar-refractivity contribution in [3.05, 3.63) is 170 Å². The molecule has 6 aromatic heterocycles. The van der Waals surface area contributed by atoms with E-state index in [0.717, 1.165) is 117 Å². The first kappa shape index (κ1) is 22.7. The molecule has 0 aliphatic heterocycles. The number of rotatable bonds is 2. The second-order valence-corrected chi connectivity index (χ2v) is 17.3. The van der Waals surface area contributed by atoms with E-state index in [-0.39, 0.29) is 35.3 Å². The minimum atomic E-state index is -0.454. The van der Waals surface area contributed by atoms with Crippen LogP contribution in [0.5, 0.6) is 0 Å². The van der Waals surface area contributed by atoms with E-state index in [9.17, 15) is 5.48 Å². The summed E-state index contributed by atoms with van der Waals surface area (Å²) in [6, 6.07) is 33.9. The van der Waals surface area contributed by atoms with Crippen molar-refractivity contribution in [2.45, 2.75) is 0 Å². The maximum atomic E-state index is 9.23. The number of aromatic nitrogens is 2. The van der Waals surface area contributed by atoms with Crippen molar-refractivity contribution < 1.29 is 13.7 Å². The second-order valence-electron chi connectivity index (χ2n) is 15.2. The van der Waals surface area contributed by atoms with Crippen LogP contribution in [-0.2, 0) is 0 Å². The van der Waals surface area contributed by atoms with Gasteiger partial charge in [-0.2, -0.15) is 0 Å². The van der Waals surface area contributed by atoms with Crippen molar-refractivity contribution in [2.24, 2.45) is 0 Å². The van der Waals surface area contributed by atoms with Gasteiger partial charge in [-0.15, -0.1) is 22.7 Å². The fraction of sp³-hybridized carbons (Fsp3) is 0. The maximum absolute atomic E-state index is 9.23. The van der Waals surface area contributed by atoms with Gasteiger partial charge < -0.3 is 8.80 Å². The highest BCUT2D eigenvalue weighted by atomic mass is 32.1. The van der Waals surface area contributed by atoms with E-state index in [1.165, 1.54) is 0 Å². The first-order valence-corrected chi connectivity index (χ1v) is 20.7. The van der Waals surface area contributed by atoms with E-state index in [1.807, 2.05) is 36.4 Å². The smallest absolute Gasteiger partial charge is 0.0629 e. The number of fused-ring (bicyclic) bond motifs is 20. The van der Waals surface area contributed by atoms with Gasteiger partial charge in [0.1, 0.15) is 0 Å². The Hall–Kier alpha value is -6.98. The third kappa shape index (κ3) is 3.53. The van der Waals surface area contributed by atoms with Crippen LogP contribution in [0.15, 0.2) is 170 Å². The van der Waals surface area contributed by atoms with E-state index in [4.69, 9.17) is 8.22 Å². The molecule has 0 amide bonds. The number of thiophene rings is 2. The van der Waals surface area contributed by atoms with E-state index in [0.29, 0.717) is 11.1 Å². The number of nitrogens with zero attached hydrogens (tertiary/aromatic N) is 2. The van der Waals surface area contributed by atoms with E-state index in [1.54, 1.807) is 22.7 Å². The summed E-state index contributed by atoms with van der Waals surface area (Å²) in [5.74, 6) is 0. The highest BCUT2D eigenvalue weighted by molar-refractivity contribution is 7.27. The zero-order valence-corrected chi connectivity index (χ0v) is 31.7. The molecule has 0 spiro atoms. The first-order chi connectivity index (χ1) is 32.9. The zero-order valence-electron chi connectivity index (χ0n) is 40.1. The molecule has 266 valence electrons. The molecule has 2 nitrogen and oxygen atoms in total. The van der Waals surface area contributed by atoms with Crippen molar-refractivity contribution in [1.29, 1.82) is 0 Å². The van der Waals surface area contributed by atoms with Gasteiger partial charge in [-0.1, -0.05) is 133 Å². The Balaban J connectivity index is 1.20. The second kappa shape index (κ2) is 10.5. The molecule has 9 aromatic carbocycles. The van der Waals surface area contributed by atoms with E-state index in [2.05, 4.69) is 81.6 Å². The third-order valence-electron chi connectivity index (χ3n) is 12.5. The Kier molecular flexibility index (Phi) is 4.10. The normalized spacial score (nSPS) is 15.2. The molecule has 0 atom stereocenters. The van der Waals surface area contributed by atoms with E-state index < -0.39 is 36.3 Å². The summed E-state index contributed by atoms with van der Waals surface area (Å²) in [6.45, 7) is 0. The molecule has 0 aliphatic carbocycles. The lowest BCUT2D eigenvalue weighted by Gasteiger charge is -2.07. The van der Waals surface area contributed by atoms with Crippen LogP contribution in [0.4, 0.5) is 0 Å². The van der Waals surface area contributed by atoms with Gasteiger partial charge in [0.25, 0.3) is 0 Å². The molecule has 0 N–H and O–H groups in total. The van der Waals surface area contributed by atoms with Gasteiger partial charge in [0.15, 0.2) is 0 Å². The minimum absolute atomic E-state index is 0.123. The Bertz CT molecular complexity index is 4500. The highest BCUT2D eigenvalue weighted by Gasteiger charge is 2.27. The lowest BCUT2D eigenvalue weighted by atomic mass is 9.95. The molecule has 0 bridgehead atoms. The molecule has 0 unspecified atom stereocenters. The molecule has 15 rings (SSSR count). The van der Waals surface area contributed by atoms with Gasteiger partial charge in [-0.25, -0.2) is 0 Å².